The second kappa shape index (κ2) is 8.32. The van der Waals surface area contributed by atoms with Crippen LogP contribution in [0.25, 0.3) is 11.2 Å². The molecule has 0 radical (unpaired) electrons. The fourth-order valence-electron chi connectivity index (χ4n) is 3.06. The molecule has 5 atom stereocenters. The van der Waals surface area contributed by atoms with Crippen LogP contribution in [0, 0.1) is 5.92 Å². The standard InChI is InChI=1S/C12H19N5O10P2/c13-10-8-11(15-4-14-10)17(5-16-8)12-6(1-2-18)9(19)7(26-12)3-25-29(23,24)27-28(20,21)22/h4-7,9,12,18-19H,1-3H2,(H,23,24)(H2,13,14,15)(H2,20,21,22)/t6-,7-,9+,12-/m1/s1. The number of hydrogen-bond acceptors (Lipinski definition) is 11. The molecule has 17 heteroatoms. The molecule has 3 rings (SSSR count). The topological polar surface area (TPSA) is 233 Å². The van der Waals surface area contributed by atoms with E-state index in [-0.39, 0.29) is 18.8 Å². The highest BCUT2D eigenvalue weighted by molar-refractivity contribution is 7.60. The van der Waals surface area contributed by atoms with E-state index >= 15 is 0 Å². The molecule has 1 aliphatic heterocycles. The van der Waals surface area contributed by atoms with E-state index in [0.29, 0.717) is 11.2 Å². The molecule has 0 aliphatic carbocycles. The number of ether oxygens (including phenoxy) is 1. The van der Waals surface area contributed by atoms with E-state index in [1.165, 1.54) is 17.2 Å². The maximum absolute atomic E-state index is 11.6. The first kappa shape index (κ1) is 22.2. The SMILES string of the molecule is Nc1ncnc2c1ncn2[C@@H]1O[C@H](COP(=O)(O)OP(=O)(O)O)[C@@H](O)[C@H]1CCO. The zero-order chi connectivity index (χ0) is 21.4. The summed E-state index contributed by atoms with van der Waals surface area (Å²) < 4.78 is 37.7. The van der Waals surface area contributed by atoms with Crippen LogP contribution >= 0.6 is 15.6 Å². The van der Waals surface area contributed by atoms with Gasteiger partial charge in [-0.3, -0.25) is 9.09 Å². The average Bonchev–Trinajstić information content (AvgIpc) is 3.15. The summed E-state index contributed by atoms with van der Waals surface area (Å²) in [7, 11) is -10.4. The van der Waals surface area contributed by atoms with E-state index in [2.05, 4.69) is 23.8 Å². The lowest BCUT2D eigenvalue weighted by Gasteiger charge is -2.20. The number of fused-ring (bicyclic) bond motifs is 1. The largest absolute Gasteiger partial charge is 0.481 e. The number of nitrogen functional groups attached to an aromatic ring is 1. The first-order valence-electron chi connectivity index (χ1n) is 8.14. The third kappa shape index (κ3) is 4.98. The van der Waals surface area contributed by atoms with Crippen LogP contribution in [0.15, 0.2) is 12.7 Å². The monoisotopic (exact) mass is 455 g/mol. The fourth-order valence-corrected chi connectivity index (χ4v) is 4.66. The Morgan fingerprint density at radius 2 is 1.97 bits per heavy atom. The van der Waals surface area contributed by atoms with Crippen molar-refractivity contribution in [2.45, 2.75) is 24.9 Å². The van der Waals surface area contributed by atoms with Crippen LogP contribution in [-0.2, 0) is 22.7 Å². The second-order valence-electron chi connectivity index (χ2n) is 6.15. The van der Waals surface area contributed by atoms with Gasteiger partial charge in [0, 0.05) is 12.5 Å². The van der Waals surface area contributed by atoms with E-state index in [9.17, 15) is 24.2 Å². The number of aliphatic hydroxyl groups excluding tert-OH is 2. The third-order valence-electron chi connectivity index (χ3n) is 4.24. The van der Waals surface area contributed by atoms with Crippen LogP contribution in [0.3, 0.4) is 0 Å². The van der Waals surface area contributed by atoms with Crippen LogP contribution in [0.5, 0.6) is 0 Å². The van der Waals surface area contributed by atoms with Crippen molar-refractivity contribution in [3.63, 3.8) is 0 Å². The van der Waals surface area contributed by atoms with Crippen molar-refractivity contribution in [2.24, 2.45) is 5.92 Å². The van der Waals surface area contributed by atoms with E-state index in [1.807, 2.05) is 0 Å². The van der Waals surface area contributed by atoms with Crippen molar-refractivity contribution in [2.75, 3.05) is 18.9 Å². The number of hydrogen-bond donors (Lipinski definition) is 6. The summed E-state index contributed by atoms with van der Waals surface area (Å²) in [6.07, 6.45) is -0.685. The molecular formula is C12H19N5O10P2. The Labute approximate surface area is 162 Å². The summed E-state index contributed by atoms with van der Waals surface area (Å²) in [4.78, 5) is 38.7. The summed E-state index contributed by atoms with van der Waals surface area (Å²) in [6, 6.07) is 0. The lowest BCUT2D eigenvalue weighted by atomic mass is 9.96. The molecule has 0 amide bonds. The predicted molar refractivity (Wildman–Crippen MR) is 93.8 cm³/mol. The lowest BCUT2D eigenvalue weighted by molar-refractivity contribution is -0.0446. The maximum Gasteiger partial charge on any atom is 0.481 e. The Kier molecular flexibility index (Phi) is 6.36. The zero-order valence-electron chi connectivity index (χ0n) is 14.6. The smallest absolute Gasteiger partial charge is 0.396 e. The predicted octanol–water partition coefficient (Wildman–Crippen LogP) is -1.11. The van der Waals surface area contributed by atoms with Gasteiger partial charge in [0.1, 0.15) is 24.2 Å². The number of phosphoric ester groups is 1. The number of nitrogens with two attached hydrogens (primary N) is 1. The van der Waals surface area contributed by atoms with Crippen molar-refractivity contribution >= 4 is 32.6 Å². The second-order valence-corrected chi connectivity index (χ2v) is 8.98. The highest BCUT2D eigenvalue weighted by Crippen LogP contribution is 2.57. The summed E-state index contributed by atoms with van der Waals surface area (Å²) in [5.74, 6) is -0.565. The summed E-state index contributed by atoms with van der Waals surface area (Å²) in [6.45, 7) is -1.02. The van der Waals surface area contributed by atoms with Gasteiger partial charge in [-0.1, -0.05) is 0 Å². The molecule has 0 saturated carbocycles. The Morgan fingerprint density at radius 1 is 1.24 bits per heavy atom. The molecular weight excluding hydrogens is 436 g/mol. The Bertz CT molecular complexity index is 966. The van der Waals surface area contributed by atoms with E-state index < -0.39 is 46.6 Å². The number of imidazole rings is 1. The number of phosphoric acid groups is 2. The first-order chi connectivity index (χ1) is 13.5. The van der Waals surface area contributed by atoms with Crippen molar-refractivity contribution < 1.29 is 47.6 Å². The summed E-state index contributed by atoms with van der Waals surface area (Å²) >= 11 is 0. The van der Waals surface area contributed by atoms with E-state index in [0.717, 1.165) is 0 Å². The molecule has 1 aliphatic rings. The van der Waals surface area contributed by atoms with Gasteiger partial charge in [-0.2, -0.15) is 4.31 Å². The van der Waals surface area contributed by atoms with Crippen LogP contribution < -0.4 is 5.73 Å². The van der Waals surface area contributed by atoms with Gasteiger partial charge in [0.15, 0.2) is 11.5 Å². The minimum absolute atomic E-state index is 0.0956. The summed E-state index contributed by atoms with van der Waals surface area (Å²) in [5, 5.41) is 19.9. The van der Waals surface area contributed by atoms with Crippen LogP contribution in [0.2, 0.25) is 0 Å². The normalized spacial score (nSPS) is 27.3. The lowest BCUT2D eigenvalue weighted by Crippen LogP contribution is -2.30. The van der Waals surface area contributed by atoms with Gasteiger partial charge in [0.05, 0.1) is 19.0 Å². The minimum Gasteiger partial charge on any atom is -0.396 e. The number of aliphatic hydroxyl groups is 2. The molecule has 7 N–H and O–H groups in total. The van der Waals surface area contributed by atoms with E-state index in [1.54, 1.807) is 0 Å². The fraction of sp³-hybridized carbons (Fsp3) is 0.583. The quantitative estimate of drug-likeness (QED) is 0.259. The van der Waals surface area contributed by atoms with Gasteiger partial charge in [-0.05, 0) is 6.42 Å². The van der Waals surface area contributed by atoms with E-state index in [4.69, 9.17) is 20.3 Å². The zero-order valence-corrected chi connectivity index (χ0v) is 16.4. The van der Waals surface area contributed by atoms with Crippen molar-refractivity contribution in [3.05, 3.63) is 12.7 Å². The molecule has 0 aromatic carbocycles. The molecule has 29 heavy (non-hydrogen) atoms. The Hall–Kier alpha value is -1.51. The molecule has 0 bridgehead atoms. The Morgan fingerprint density at radius 3 is 2.62 bits per heavy atom. The van der Waals surface area contributed by atoms with Crippen LogP contribution in [-0.4, -0.2) is 69.8 Å². The number of anilines is 1. The molecule has 1 unspecified atom stereocenters. The van der Waals surface area contributed by atoms with Gasteiger partial charge < -0.3 is 35.4 Å². The van der Waals surface area contributed by atoms with Gasteiger partial charge in [0.25, 0.3) is 0 Å². The number of aromatic nitrogens is 4. The van der Waals surface area contributed by atoms with Crippen molar-refractivity contribution in [1.29, 1.82) is 0 Å². The van der Waals surface area contributed by atoms with Crippen molar-refractivity contribution in [3.8, 4) is 0 Å². The third-order valence-corrected chi connectivity index (χ3v) is 6.39. The highest BCUT2D eigenvalue weighted by atomic mass is 31.3. The van der Waals surface area contributed by atoms with Gasteiger partial charge in [-0.25, -0.2) is 24.1 Å². The molecule has 2 aromatic rings. The van der Waals surface area contributed by atoms with Crippen molar-refractivity contribution in [1.82, 2.24) is 19.5 Å². The number of rotatable bonds is 8. The molecule has 2 aromatic heterocycles. The Balaban J connectivity index is 1.81. The first-order valence-corrected chi connectivity index (χ1v) is 11.2. The van der Waals surface area contributed by atoms with Crippen LogP contribution in [0.4, 0.5) is 5.82 Å². The molecule has 162 valence electrons. The molecule has 1 saturated heterocycles. The highest BCUT2D eigenvalue weighted by Gasteiger charge is 2.46. The average molecular weight is 455 g/mol. The van der Waals surface area contributed by atoms with Crippen LogP contribution in [0.1, 0.15) is 12.6 Å². The maximum atomic E-state index is 11.6. The van der Waals surface area contributed by atoms with Gasteiger partial charge in [-0.15, -0.1) is 0 Å². The number of nitrogens with zero attached hydrogens (tertiary/aromatic N) is 4. The molecule has 1 fully saturated rings. The van der Waals surface area contributed by atoms with Gasteiger partial charge >= 0.3 is 15.6 Å². The molecule has 0 spiro atoms. The molecule has 15 nitrogen and oxygen atoms in total. The molecule has 3 heterocycles. The minimum atomic E-state index is -5.28. The van der Waals surface area contributed by atoms with Gasteiger partial charge in [0.2, 0.25) is 0 Å². The summed E-state index contributed by atoms with van der Waals surface area (Å²) in [5.41, 5.74) is 6.35.